The molecule has 8 nitrogen and oxygen atoms in total. The van der Waals surface area contributed by atoms with E-state index in [9.17, 15) is 9.59 Å². The van der Waals surface area contributed by atoms with Gasteiger partial charge in [0.15, 0.2) is 11.5 Å². The first kappa shape index (κ1) is 17.2. The zero-order valence-corrected chi connectivity index (χ0v) is 13.9. The second kappa shape index (κ2) is 7.93. The van der Waals surface area contributed by atoms with Crippen molar-refractivity contribution in [3.63, 3.8) is 0 Å². The minimum absolute atomic E-state index is 0.0956. The molecular weight excluding hydrogens is 336 g/mol. The summed E-state index contributed by atoms with van der Waals surface area (Å²) >= 11 is 0. The number of nitrogens with one attached hydrogen (secondary N) is 2. The van der Waals surface area contributed by atoms with Crippen molar-refractivity contribution in [2.45, 2.75) is 6.61 Å². The Labute approximate surface area is 148 Å². The normalized spacial score (nSPS) is 10.2. The van der Waals surface area contributed by atoms with Crippen LogP contribution in [0.2, 0.25) is 0 Å². The third kappa shape index (κ3) is 4.23. The highest BCUT2D eigenvalue weighted by Crippen LogP contribution is 2.31. The maximum absolute atomic E-state index is 12.2. The van der Waals surface area contributed by atoms with E-state index in [2.05, 4.69) is 20.5 Å². The summed E-state index contributed by atoms with van der Waals surface area (Å²) in [6.45, 7) is 0.309. The van der Waals surface area contributed by atoms with Crippen LogP contribution in [0, 0.1) is 0 Å². The van der Waals surface area contributed by atoms with Gasteiger partial charge in [0, 0.05) is 35.8 Å². The molecule has 0 aliphatic carbocycles. The number of aromatic amines is 1. The Kier molecular flexibility index (Phi) is 5.23. The fourth-order valence-electron chi connectivity index (χ4n) is 2.18. The Morgan fingerprint density at radius 2 is 2.08 bits per heavy atom. The molecule has 132 valence electrons. The maximum atomic E-state index is 12.2. The van der Waals surface area contributed by atoms with Gasteiger partial charge in [-0.1, -0.05) is 6.07 Å². The molecule has 0 aliphatic rings. The molecule has 26 heavy (non-hydrogen) atoms. The highest BCUT2D eigenvalue weighted by Gasteiger charge is 2.11. The number of carbonyl (C=O) groups excluding carboxylic acids is 1. The molecular formula is C18H16N4O4. The SMILES string of the molecule is COc1ccc(NC(=O)c2ccc(=O)[nH]n2)cc1OCc1cccnc1. The molecule has 0 unspecified atom stereocenters. The maximum Gasteiger partial charge on any atom is 0.276 e. The van der Waals surface area contributed by atoms with Gasteiger partial charge in [-0.2, -0.15) is 5.10 Å². The average Bonchev–Trinajstić information content (AvgIpc) is 2.68. The van der Waals surface area contributed by atoms with Gasteiger partial charge in [0.1, 0.15) is 12.3 Å². The first-order valence-corrected chi connectivity index (χ1v) is 7.72. The molecule has 0 spiro atoms. The second-order valence-electron chi connectivity index (χ2n) is 5.28. The second-order valence-corrected chi connectivity index (χ2v) is 5.28. The first-order valence-electron chi connectivity index (χ1n) is 7.72. The van der Waals surface area contributed by atoms with E-state index in [4.69, 9.17) is 9.47 Å². The van der Waals surface area contributed by atoms with E-state index in [1.807, 2.05) is 12.1 Å². The number of rotatable bonds is 6. The van der Waals surface area contributed by atoms with Gasteiger partial charge in [0.05, 0.1) is 7.11 Å². The molecule has 0 aliphatic heterocycles. The number of pyridine rings is 1. The lowest BCUT2D eigenvalue weighted by molar-refractivity contribution is 0.102. The molecule has 0 atom stereocenters. The van der Waals surface area contributed by atoms with Gasteiger partial charge >= 0.3 is 0 Å². The highest BCUT2D eigenvalue weighted by molar-refractivity contribution is 6.02. The summed E-state index contributed by atoms with van der Waals surface area (Å²) in [7, 11) is 1.54. The standard InChI is InChI=1S/C18H16N4O4/c1-25-15-6-4-13(20-18(24)14-5-7-17(23)22-21-14)9-16(15)26-11-12-3-2-8-19-10-12/h2-10H,11H2,1H3,(H,20,24)(H,22,23). The number of ether oxygens (including phenoxy) is 2. The van der Waals surface area contributed by atoms with Gasteiger partial charge in [0.2, 0.25) is 0 Å². The van der Waals surface area contributed by atoms with Crippen LogP contribution < -0.4 is 20.3 Å². The highest BCUT2D eigenvalue weighted by atomic mass is 16.5. The number of aromatic nitrogens is 3. The van der Waals surface area contributed by atoms with Crippen LogP contribution in [0.4, 0.5) is 5.69 Å². The molecule has 0 radical (unpaired) electrons. The molecule has 0 bridgehead atoms. The predicted molar refractivity (Wildman–Crippen MR) is 94.4 cm³/mol. The Morgan fingerprint density at radius 3 is 2.77 bits per heavy atom. The van der Waals surface area contributed by atoms with Gasteiger partial charge in [-0.15, -0.1) is 0 Å². The molecule has 2 N–H and O–H groups in total. The number of nitrogens with zero attached hydrogens (tertiary/aromatic N) is 2. The largest absolute Gasteiger partial charge is 0.493 e. The monoisotopic (exact) mass is 352 g/mol. The van der Waals surface area contributed by atoms with E-state index in [1.165, 1.54) is 19.2 Å². The molecule has 2 aromatic heterocycles. The first-order chi connectivity index (χ1) is 12.7. The summed E-state index contributed by atoms with van der Waals surface area (Å²) < 4.78 is 11.1. The van der Waals surface area contributed by atoms with E-state index in [0.717, 1.165) is 5.56 Å². The van der Waals surface area contributed by atoms with Gasteiger partial charge < -0.3 is 14.8 Å². The Balaban J connectivity index is 1.75. The molecule has 3 rings (SSSR count). The Morgan fingerprint density at radius 1 is 1.19 bits per heavy atom. The van der Waals surface area contributed by atoms with E-state index in [1.54, 1.807) is 30.6 Å². The molecule has 2 heterocycles. The number of methoxy groups -OCH3 is 1. The van der Waals surface area contributed by atoms with E-state index < -0.39 is 5.91 Å². The lowest BCUT2D eigenvalue weighted by atomic mass is 10.2. The van der Waals surface area contributed by atoms with Crippen LogP contribution in [-0.2, 0) is 6.61 Å². The summed E-state index contributed by atoms with van der Waals surface area (Å²) in [6, 6.07) is 11.3. The predicted octanol–water partition coefficient (Wildman–Crippen LogP) is 2.00. The quantitative estimate of drug-likeness (QED) is 0.703. The summed E-state index contributed by atoms with van der Waals surface area (Å²) in [5.74, 6) is 0.558. The summed E-state index contributed by atoms with van der Waals surface area (Å²) in [5, 5.41) is 8.61. The van der Waals surface area contributed by atoms with Crippen LogP contribution in [0.25, 0.3) is 0 Å². The van der Waals surface area contributed by atoms with Gasteiger partial charge in [-0.25, -0.2) is 5.10 Å². The Hall–Kier alpha value is -3.68. The van der Waals surface area contributed by atoms with Crippen molar-refractivity contribution >= 4 is 11.6 Å². The number of benzene rings is 1. The van der Waals surface area contributed by atoms with E-state index in [-0.39, 0.29) is 11.3 Å². The molecule has 3 aromatic rings. The number of H-pyrrole nitrogens is 1. The van der Waals surface area contributed by atoms with Crippen molar-refractivity contribution in [1.82, 2.24) is 15.2 Å². The summed E-state index contributed by atoms with van der Waals surface area (Å²) in [4.78, 5) is 27.3. The lowest BCUT2D eigenvalue weighted by Crippen LogP contribution is -2.17. The van der Waals surface area contributed by atoms with Crippen molar-refractivity contribution in [3.8, 4) is 11.5 Å². The van der Waals surface area contributed by atoms with E-state index >= 15 is 0 Å². The lowest BCUT2D eigenvalue weighted by Gasteiger charge is -2.13. The van der Waals surface area contributed by atoms with Crippen molar-refractivity contribution in [2.24, 2.45) is 0 Å². The molecule has 0 saturated heterocycles. The van der Waals surface area contributed by atoms with Gasteiger partial charge in [-0.3, -0.25) is 14.6 Å². The fraction of sp³-hybridized carbons (Fsp3) is 0.111. The molecule has 0 fully saturated rings. The smallest absolute Gasteiger partial charge is 0.276 e. The van der Waals surface area contributed by atoms with Crippen LogP contribution in [0.1, 0.15) is 16.1 Å². The van der Waals surface area contributed by atoms with Crippen LogP contribution >= 0.6 is 0 Å². The Bertz CT molecular complexity index is 936. The number of carbonyl (C=O) groups is 1. The number of hydrogen-bond donors (Lipinski definition) is 2. The van der Waals surface area contributed by atoms with Crippen molar-refractivity contribution in [3.05, 3.63) is 76.5 Å². The fourth-order valence-corrected chi connectivity index (χ4v) is 2.18. The number of amides is 1. The third-order valence-electron chi connectivity index (χ3n) is 3.45. The zero-order chi connectivity index (χ0) is 18.4. The minimum atomic E-state index is -0.454. The minimum Gasteiger partial charge on any atom is -0.493 e. The molecule has 1 aromatic carbocycles. The van der Waals surface area contributed by atoms with Crippen LogP contribution in [-0.4, -0.2) is 28.2 Å². The van der Waals surface area contributed by atoms with Gasteiger partial charge in [-0.05, 0) is 24.3 Å². The van der Waals surface area contributed by atoms with E-state index in [0.29, 0.717) is 23.8 Å². The molecule has 0 saturated carbocycles. The zero-order valence-electron chi connectivity index (χ0n) is 13.9. The van der Waals surface area contributed by atoms with Crippen LogP contribution in [0.15, 0.2) is 59.7 Å². The summed E-state index contributed by atoms with van der Waals surface area (Å²) in [5.41, 5.74) is 1.13. The number of hydrogen-bond acceptors (Lipinski definition) is 6. The van der Waals surface area contributed by atoms with Crippen molar-refractivity contribution < 1.29 is 14.3 Å². The third-order valence-corrected chi connectivity index (χ3v) is 3.45. The van der Waals surface area contributed by atoms with Gasteiger partial charge in [0.25, 0.3) is 11.5 Å². The van der Waals surface area contributed by atoms with Crippen LogP contribution in [0.3, 0.4) is 0 Å². The van der Waals surface area contributed by atoms with Crippen LogP contribution in [0.5, 0.6) is 11.5 Å². The summed E-state index contributed by atoms with van der Waals surface area (Å²) in [6.07, 6.45) is 3.39. The van der Waals surface area contributed by atoms with Crippen molar-refractivity contribution in [1.29, 1.82) is 0 Å². The molecule has 1 amide bonds. The number of anilines is 1. The topological polar surface area (TPSA) is 106 Å². The average molecular weight is 352 g/mol. The van der Waals surface area contributed by atoms with Crippen molar-refractivity contribution in [2.75, 3.05) is 12.4 Å². The molecule has 8 heteroatoms.